The summed E-state index contributed by atoms with van der Waals surface area (Å²) in [5, 5.41) is 3.91. The van der Waals surface area contributed by atoms with Gasteiger partial charge in [0.05, 0.1) is 12.8 Å². The van der Waals surface area contributed by atoms with E-state index < -0.39 is 18.0 Å². The van der Waals surface area contributed by atoms with Gasteiger partial charge in [-0.2, -0.15) is 0 Å². The van der Waals surface area contributed by atoms with Gasteiger partial charge in [-0.25, -0.2) is 4.79 Å². The summed E-state index contributed by atoms with van der Waals surface area (Å²) in [5.74, 6) is -0.466. The number of carbonyl (C=O) groups excluding carboxylic acids is 2. The monoisotopic (exact) mass is 361 g/mol. The highest BCUT2D eigenvalue weighted by atomic mass is 35.5. The molecule has 0 radical (unpaired) electrons. The van der Waals surface area contributed by atoms with Crippen molar-refractivity contribution in [3.8, 4) is 0 Å². The zero-order valence-electron chi connectivity index (χ0n) is 13.7. The normalized spacial score (nSPS) is 12.1. The first-order chi connectivity index (χ1) is 12.0. The predicted octanol–water partition coefficient (Wildman–Crippen LogP) is 3.85. The van der Waals surface area contributed by atoms with Gasteiger partial charge in [0.15, 0.2) is 6.10 Å². The average Bonchev–Trinajstić information content (AvgIpc) is 3.21. The summed E-state index contributed by atoms with van der Waals surface area (Å²) in [6, 6.07) is 8.53. The van der Waals surface area contributed by atoms with Crippen LogP contribution >= 0.6 is 11.6 Å². The number of hydrogen-bond donors (Lipinski definition) is 1. The van der Waals surface area contributed by atoms with E-state index in [4.69, 9.17) is 25.2 Å². The van der Waals surface area contributed by atoms with E-state index in [0.717, 1.165) is 5.39 Å². The van der Waals surface area contributed by atoms with E-state index in [2.05, 4.69) is 5.32 Å². The number of nitrogens with one attached hydrogen (secondary N) is 1. The van der Waals surface area contributed by atoms with Crippen molar-refractivity contribution in [3.05, 3.63) is 58.7 Å². The first-order valence-corrected chi connectivity index (χ1v) is 8.03. The standard InChI is InChI=1S/C18H16ClNO5/c1-10-14-8-12(19)5-6-15(14)25-16(10)18(22)24-11(2)17(21)20-9-13-4-3-7-23-13/h3-8,11H,9H2,1-2H3,(H,20,21)/t11-/m1/s1. The minimum atomic E-state index is -0.973. The Balaban J connectivity index is 1.67. The molecule has 0 unspecified atom stereocenters. The second kappa shape index (κ2) is 7.03. The summed E-state index contributed by atoms with van der Waals surface area (Å²) >= 11 is 5.96. The van der Waals surface area contributed by atoms with Crippen molar-refractivity contribution < 1.29 is 23.2 Å². The first kappa shape index (κ1) is 17.1. The molecule has 3 rings (SSSR count). The van der Waals surface area contributed by atoms with Gasteiger partial charge in [0.1, 0.15) is 11.3 Å². The molecule has 1 atom stereocenters. The average molecular weight is 362 g/mol. The van der Waals surface area contributed by atoms with Gasteiger partial charge in [-0.3, -0.25) is 4.79 Å². The molecule has 1 amide bonds. The highest BCUT2D eigenvalue weighted by Crippen LogP contribution is 2.28. The highest BCUT2D eigenvalue weighted by Gasteiger charge is 2.24. The van der Waals surface area contributed by atoms with Gasteiger partial charge in [-0.15, -0.1) is 0 Å². The molecular formula is C18H16ClNO5. The Morgan fingerprint density at radius 3 is 2.84 bits per heavy atom. The molecule has 0 fully saturated rings. The molecule has 25 heavy (non-hydrogen) atoms. The molecule has 0 bridgehead atoms. The molecule has 1 aromatic carbocycles. The number of ether oxygens (including phenoxy) is 1. The molecule has 130 valence electrons. The third-order valence-electron chi connectivity index (χ3n) is 3.75. The maximum absolute atomic E-state index is 12.3. The number of halogens is 1. The molecule has 0 saturated heterocycles. The summed E-state index contributed by atoms with van der Waals surface area (Å²) in [6.07, 6.45) is 0.542. The van der Waals surface area contributed by atoms with Gasteiger partial charge >= 0.3 is 5.97 Å². The molecule has 6 nitrogen and oxygen atoms in total. The van der Waals surface area contributed by atoms with E-state index in [1.54, 1.807) is 37.3 Å². The van der Waals surface area contributed by atoms with Crippen molar-refractivity contribution in [3.63, 3.8) is 0 Å². The summed E-state index contributed by atoms with van der Waals surface area (Å²) in [4.78, 5) is 24.3. The second-order valence-electron chi connectivity index (χ2n) is 5.54. The first-order valence-electron chi connectivity index (χ1n) is 7.65. The molecule has 0 aliphatic heterocycles. The molecule has 0 aliphatic rings. The molecule has 7 heteroatoms. The van der Waals surface area contributed by atoms with Crippen LogP contribution in [0.4, 0.5) is 0 Å². The Kier molecular flexibility index (Phi) is 4.81. The number of amides is 1. The summed E-state index contributed by atoms with van der Waals surface area (Å²) in [5.41, 5.74) is 1.15. The maximum Gasteiger partial charge on any atom is 0.375 e. The maximum atomic E-state index is 12.3. The lowest BCUT2D eigenvalue weighted by Crippen LogP contribution is -2.35. The topological polar surface area (TPSA) is 81.7 Å². The minimum Gasteiger partial charge on any atom is -0.467 e. The third-order valence-corrected chi connectivity index (χ3v) is 3.99. The van der Waals surface area contributed by atoms with E-state index in [1.807, 2.05) is 0 Å². The lowest BCUT2D eigenvalue weighted by atomic mass is 10.1. The highest BCUT2D eigenvalue weighted by molar-refractivity contribution is 6.31. The Bertz CT molecular complexity index is 913. The number of esters is 1. The molecule has 2 aromatic heterocycles. The number of carbonyl (C=O) groups is 2. The van der Waals surface area contributed by atoms with E-state index in [0.29, 0.717) is 21.9 Å². The van der Waals surface area contributed by atoms with Crippen molar-refractivity contribution >= 4 is 34.4 Å². The van der Waals surface area contributed by atoms with Crippen LogP contribution in [0.1, 0.15) is 28.8 Å². The van der Waals surface area contributed by atoms with Gasteiger partial charge < -0.3 is 18.9 Å². The molecule has 1 N–H and O–H groups in total. The van der Waals surface area contributed by atoms with E-state index in [-0.39, 0.29) is 12.3 Å². The Morgan fingerprint density at radius 2 is 2.12 bits per heavy atom. The number of hydrogen-bond acceptors (Lipinski definition) is 5. The molecular weight excluding hydrogens is 346 g/mol. The number of furan rings is 2. The van der Waals surface area contributed by atoms with Crippen LogP contribution < -0.4 is 5.32 Å². The molecule has 0 aliphatic carbocycles. The number of aryl methyl sites for hydroxylation is 1. The molecule has 2 heterocycles. The van der Waals surface area contributed by atoms with Gasteiger partial charge in [-0.1, -0.05) is 11.6 Å². The minimum absolute atomic E-state index is 0.0583. The van der Waals surface area contributed by atoms with Crippen LogP contribution in [0.25, 0.3) is 11.0 Å². The predicted molar refractivity (Wildman–Crippen MR) is 91.4 cm³/mol. The van der Waals surface area contributed by atoms with Crippen LogP contribution in [0.3, 0.4) is 0 Å². The number of benzene rings is 1. The van der Waals surface area contributed by atoms with E-state index in [1.165, 1.54) is 13.2 Å². The lowest BCUT2D eigenvalue weighted by molar-refractivity contribution is -0.129. The number of fused-ring (bicyclic) bond motifs is 1. The largest absolute Gasteiger partial charge is 0.467 e. The van der Waals surface area contributed by atoms with E-state index in [9.17, 15) is 9.59 Å². The van der Waals surface area contributed by atoms with E-state index >= 15 is 0 Å². The van der Waals surface area contributed by atoms with Crippen LogP contribution in [0.2, 0.25) is 5.02 Å². The smallest absolute Gasteiger partial charge is 0.375 e. The van der Waals surface area contributed by atoms with Crippen molar-refractivity contribution in [2.45, 2.75) is 26.5 Å². The fourth-order valence-electron chi connectivity index (χ4n) is 2.39. The van der Waals surface area contributed by atoms with Crippen LogP contribution in [0.5, 0.6) is 0 Å². The fourth-order valence-corrected chi connectivity index (χ4v) is 2.56. The summed E-state index contributed by atoms with van der Waals surface area (Å²) in [7, 11) is 0. The van der Waals surface area contributed by atoms with Gasteiger partial charge in [0.25, 0.3) is 5.91 Å². The summed E-state index contributed by atoms with van der Waals surface area (Å²) in [6.45, 7) is 3.44. The van der Waals surface area contributed by atoms with Crippen LogP contribution in [-0.2, 0) is 16.1 Å². The Labute approximate surface area is 148 Å². The molecule has 0 spiro atoms. The van der Waals surface area contributed by atoms with Crippen LogP contribution in [-0.4, -0.2) is 18.0 Å². The fraction of sp³-hybridized carbons (Fsp3) is 0.222. The summed E-state index contributed by atoms with van der Waals surface area (Å²) < 4.78 is 15.9. The van der Waals surface area contributed by atoms with Gasteiger partial charge in [0, 0.05) is 16.0 Å². The SMILES string of the molecule is Cc1c(C(=O)O[C@H](C)C(=O)NCc2ccco2)oc2ccc(Cl)cc12. The quantitative estimate of drug-likeness (QED) is 0.698. The van der Waals surface area contributed by atoms with Crippen LogP contribution in [0, 0.1) is 6.92 Å². The zero-order chi connectivity index (χ0) is 18.0. The van der Waals surface area contributed by atoms with Crippen molar-refractivity contribution in [1.82, 2.24) is 5.32 Å². The van der Waals surface area contributed by atoms with Crippen LogP contribution in [0.15, 0.2) is 45.4 Å². The Hall–Kier alpha value is -2.73. The zero-order valence-corrected chi connectivity index (χ0v) is 14.4. The molecule has 3 aromatic rings. The number of rotatable bonds is 5. The van der Waals surface area contributed by atoms with Crippen molar-refractivity contribution in [1.29, 1.82) is 0 Å². The van der Waals surface area contributed by atoms with Crippen molar-refractivity contribution in [2.24, 2.45) is 0 Å². The third kappa shape index (κ3) is 3.69. The van der Waals surface area contributed by atoms with Crippen molar-refractivity contribution in [2.75, 3.05) is 0 Å². The second-order valence-corrected chi connectivity index (χ2v) is 5.98. The Morgan fingerprint density at radius 1 is 1.32 bits per heavy atom. The van der Waals surface area contributed by atoms with Gasteiger partial charge in [0.2, 0.25) is 5.76 Å². The lowest BCUT2D eigenvalue weighted by Gasteiger charge is -2.12. The molecule has 0 saturated carbocycles. The van der Waals surface area contributed by atoms with Gasteiger partial charge in [-0.05, 0) is 44.2 Å².